The number of hydrogen-bond donors (Lipinski definition) is 1. The molecule has 3 aromatic rings. The van der Waals surface area contributed by atoms with E-state index in [4.69, 9.17) is 4.42 Å². The Balaban J connectivity index is 1.42. The molecule has 29 heavy (non-hydrogen) atoms. The molecule has 6 nitrogen and oxygen atoms in total. The van der Waals surface area contributed by atoms with Crippen LogP contribution in [0.2, 0.25) is 0 Å². The van der Waals surface area contributed by atoms with Crippen LogP contribution < -0.4 is 5.32 Å². The first kappa shape index (κ1) is 19.3. The third-order valence-electron chi connectivity index (χ3n) is 5.76. The van der Waals surface area contributed by atoms with Crippen molar-refractivity contribution in [3.05, 3.63) is 59.2 Å². The quantitative estimate of drug-likeness (QED) is 0.731. The Morgan fingerprint density at radius 3 is 2.52 bits per heavy atom. The van der Waals surface area contributed by atoms with Crippen LogP contribution in [0.3, 0.4) is 0 Å². The lowest BCUT2D eigenvalue weighted by molar-refractivity contribution is 0.0699. The molecular formula is C23H27N3O3. The first-order valence-electron chi connectivity index (χ1n) is 10.2. The molecule has 1 aromatic carbocycles. The highest BCUT2D eigenvalue weighted by Crippen LogP contribution is 2.24. The molecule has 1 fully saturated rings. The summed E-state index contributed by atoms with van der Waals surface area (Å²) in [6, 6.07) is 9.87. The van der Waals surface area contributed by atoms with Gasteiger partial charge in [-0.3, -0.25) is 9.59 Å². The maximum atomic E-state index is 13.2. The summed E-state index contributed by atoms with van der Waals surface area (Å²) in [6.07, 6.45) is 3.46. The molecule has 4 rings (SSSR count). The van der Waals surface area contributed by atoms with Crippen LogP contribution in [-0.4, -0.2) is 40.4 Å². The maximum absolute atomic E-state index is 13.2. The van der Waals surface area contributed by atoms with Crippen LogP contribution in [-0.2, 0) is 6.54 Å². The van der Waals surface area contributed by atoms with Crippen molar-refractivity contribution in [2.24, 2.45) is 0 Å². The van der Waals surface area contributed by atoms with E-state index in [1.165, 1.54) is 0 Å². The smallest absolute Gasteiger partial charge is 0.256 e. The minimum absolute atomic E-state index is 0.0677. The third-order valence-corrected chi connectivity index (χ3v) is 5.76. The summed E-state index contributed by atoms with van der Waals surface area (Å²) in [5.41, 5.74) is 2.44. The second kappa shape index (κ2) is 7.78. The number of furan rings is 1. The number of rotatable bonds is 4. The van der Waals surface area contributed by atoms with Crippen molar-refractivity contribution in [3.8, 4) is 0 Å². The van der Waals surface area contributed by atoms with Gasteiger partial charge in [-0.15, -0.1) is 0 Å². The number of carbonyl (C=O) groups is 2. The van der Waals surface area contributed by atoms with Crippen LogP contribution >= 0.6 is 0 Å². The van der Waals surface area contributed by atoms with Crippen molar-refractivity contribution in [1.29, 1.82) is 0 Å². The van der Waals surface area contributed by atoms with Crippen molar-refractivity contribution in [1.82, 2.24) is 14.8 Å². The molecule has 1 aliphatic heterocycles. The number of hydrogen-bond acceptors (Lipinski definition) is 3. The zero-order valence-electron chi connectivity index (χ0n) is 17.2. The molecule has 0 spiro atoms. The second-order valence-corrected chi connectivity index (χ2v) is 7.71. The molecule has 0 radical (unpaired) electrons. The fourth-order valence-corrected chi connectivity index (χ4v) is 4.20. The standard InChI is InChI=1S/C23H27N3O3/c1-4-25-14-20(18-7-5-6-8-21(18)25)23(28)26-11-9-17(10-12-26)24-22(27)19-13-15(2)29-16(19)3/h5-8,13-14,17H,4,9-12H2,1-3H3,(H,24,27). The highest BCUT2D eigenvalue weighted by atomic mass is 16.3. The first-order chi connectivity index (χ1) is 14.0. The summed E-state index contributed by atoms with van der Waals surface area (Å²) >= 11 is 0. The van der Waals surface area contributed by atoms with Gasteiger partial charge in [0.25, 0.3) is 11.8 Å². The number of fused-ring (bicyclic) bond motifs is 1. The number of amides is 2. The maximum Gasteiger partial charge on any atom is 0.256 e. The molecule has 6 heteroatoms. The third kappa shape index (κ3) is 3.67. The van der Waals surface area contributed by atoms with Crippen molar-refractivity contribution in [2.75, 3.05) is 13.1 Å². The number of benzene rings is 1. The first-order valence-corrected chi connectivity index (χ1v) is 10.2. The normalized spacial score (nSPS) is 15.1. The van der Waals surface area contributed by atoms with Crippen molar-refractivity contribution in [3.63, 3.8) is 0 Å². The van der Waals surface area contributed by atoms with Gasteiger partial charge in [-0.25, -0.2) is 0 Å². The molecule has 0 bridgehead atoms. The van der Waals surface area contributed by atoms with E-state index in [0.717, 1.165) is 41.6 Å². The van der Waals surface area contributed by atoms with Gasteiger partial charge in [0.05, 0.1) is 11.1 Å². The molecule has 2 amide bonds. The van der Waals surface area contributed by atoms with Gasteiger partial charge in [-0.2, -0.15) is 0 Å². The Morgan fingerprint density at radius 1 is 1.14 bits per heavy atom. The van der Waals surface area contributed by atoms with Gasteiger partial charge < -0.3 is 19.2 Å². The number of nitrogens with one attached hydrogen (secondary N) is 1. The van der Waals surface area contributed by atoms with Gasteiger partial charge >= 0.3 is 0 Å². The van der Waals surface area contributed by atoms with E-state index >= 15 is 0 Å². The number of carbonyl (C=O) groups excluding carboxylic acids is 2. The molecule has 0 saturated carbocycles. The van der Waals surface area contributed by atoms with Crippen LogP contribution in [0.5, 0.6) is 0 Å². The predicted octanol–water partition coefficient (Wildman–Crippen LogP) is 3.91. The number of likely N-dealkylation sites (tertiary alicyclic amines) is 1. The number of nitrogens with zero attached hydrogens (tertiary/aromatic N) is 2. The summed E-state index contributed by atoms with van der Waals surface area (Å²) in [5.74, 6) is 1.34. The van der Waals surface area contributed by atoms with E-state index < -0.39 is 0 Å². The minimum Gasteiger partial charge on any atom is -0.466 e. The van der Waals surface area contributed by atoms with Crippen LogP contribution in [0.15, 0.2) is 40.9 Å². The summed E-state index contributed by atoms with van der Waals surface area (Å²) in [7, 11) is 0. The van der Waals surface area contributed by atoms with E-state index in [9.17, 15) is 9.59 Å². The van der Waals surface area contributed by atoms with Gasteiger partial charge in [0.2, 0.25) is 0 Å². The highest BCUT2D eigenvalue weighted by Gasteiger charge is 2.27. The fourth-order valence-electron chi connectivity index (χ4n) is 4.20. The Morgan fingerprint density at radius 2 is 1.86 bits per heavy atom. The number of aryl methyl sites for hydroxylation is 3. The lowest BCUT2D eigenvalue weighted by Crippen LogP contribution is -2.46. The van der Waals surface area contributed by atoms with Crippen LogP contribution in [0.25, 0.3) is 10.9 Å². The molecule has 1 aliphatic rings. The molecule has 2 aromatic heterocycles. The van der Waals surface area contributed by atoms with E-state index in [-0.39, 0.29) is 17.9 Å². The van der Waals surface area contributed by atoms with E-state index in [0.29, 0.717) is 24.4 Å². The molecule has 0 unspecified atom stereocenters. The van der Waals surface area contributed by atoms with Gasteiger partial charge in [-0.05, 0) is 45.7 Å². The van der Waals surface area contributed by atoms with Gasteiger partial charge in [0.1, 0.15) is 11.5 Å². The summed E-state index contributed by atoms with van der Waals surface area (Å²) < 4.78 is 7.57. The zero-order chi connectivity index (χ0) is 20.5. The van der Waals surface area contributed by atoms with Gasteiger partial charge in [-0.1, -0.05) is 18.2 Å². The fraction of sp³-hybridized carbons (Fsp3) is 0.391. The Kier molecular flexibility index (Phi) is 5.18. The molecule has 0 aliphatic carbocycles. The van der Waals surface area contributed by atoms with Crippen molar-refractivity contribution >= 4 is 22.7 Å². The second-order valence-electron chi connectivity index (χ2n) is 7.71. The molecular weight excluding hydrogens is 366 g/mol. The highest BCUT2D eigenvalue weighted by molar-refractivity contribution is 6.07. The van der Waals surface area contributed by atoms with Gasteiger partial charge in [0, 0.05) is 42.8 Å². The zero-order valence-corrected chi connectivity index (χ0v) is 17.2. The Hall–Kier alpha value is -3.02. The average molecular weight is 393 g/mol. The molecule has 3 heterocycles. The number of aromatic nitrogens is 1. The SMILES string of the molecule is CCn1cc(C(=O)N2CCC(NC(=O)c3cc(C)oc3C)CC2)c2ccccc21. The van der Waals surface area contributed by atoms with Crippen LogP contribution in [0, 0.1) is 13.8 Å². The lowest BCUT2D eigenvalue weighted by Gasteiger charge is -2.32. The number of para-hydroxylation sites is 1. The molecule has 152 valence electrons. The predicted molar refractivity (Wildman–Crippen MR) is 112 cm³/mol. The van der Waals surface area contributed by atoms with Gasteiger partial charge in [0.15, 0.2) is 0 Å². The summed E-state index contributed by atoms with van der Waals surface area (Å²) in [5, 5.41) is 4.09. The number of piperidine rings is 1. The van der Waals surface area contributed by atoms with E-state index in [2.05, 4.69) is 22.9 Å². The van der Waals surface area contributed by atoms with Crippen LogP contribution in [0.1, 0.15) is 52.0 Å². The topological polar surface area (TPSA) is 67.5 Å². The lowest BCUT2D eigenvalue weighted by atomic mass is 10.0. The van der Waals surface area contributed by atoms with Crippen molar-refractivity contribution in [2.45, 2.75) is 46.2 Å². The van der Waals surface area contributed by atoms with Crippen LogP contribution in [0.4, 0.5) is 0 Å². The molecule has 1 saturated heterocycles. The Labute approximate surface area is 170 Å². The molecule has 0 atom stereocenters. The summed E-state index contributed by atoms with van der Waals surface area (Å²) in [6.45, 7) is 7.82. The Bertz CT molecular complexity index is 1050. The summed E-state index contributed by atoms with van der Waals surface area (Å²) in [4.78, 5) is 27.6. The molecule has 1 N–H and O–H groups in total. The monoisotopic (exact) mass is 393 g/mol. The van der Waals surface area contributed by atoms with E-state index in [1.54, 1.807) is 13.0 Å². The van der Waals surface area contributed by atoms with Crippen molar-refractivity contribution < 1.29 is 14.0 Å². The minimum atomic E-state index is -0.102. The average Bonchev–Trinajstić information content (AvgIpc) is 3.27. The van der Waals surface area contributed by atoms with E-state index in [1.807, 2.05) is 36.2 Å². The largest absolute Gasteiger partial charge is 0.466 e.